The molecule has 8 heteroatoms. The van der Waals surface area contributed by atoms with E-state index in [1.54, 1.807) is 13.0 Å². The number of halogens is 1. The minimum Gasteiger partial charge on any atom is -0.465 e. The molecule has 0 aliphatic carbocycles. The van der Waals surface area contributed by atoms with Crippen LogP contribution in [0.2, 0.25) is 0 Å². The molecule has 1 unspecified atom stereocenters. The van der Waals surface area contributed by atoms with E-state index in [2.05, 4.69) is 15.6 Å². The zero-order valence-corrected chi connectivity index (χ0v) is 16.7. The fraction of sp³-hybridized carbons (Fsp3) is 0.625. The first-order valence-corrected chi connectivity index (χ1v) is 7.95. The highest BCUT2D eigenvalue weighted by Gasteiger charge is 2.16. The van der Waals surface area contributed by atoms with Crippen molar-refractivity contribution >= 4 is 35.9 Å². The highest BCUT2D eigenvalue weighted by Crippen LogP contribution is 2.16. The summed E-state index contributed by atoms with van der Waals surface area (Å²) in [7, 11) is 1.35. The van der Waals surface area contributed by atoms with Crippen LogP contribution < -0.4 is 10.6 Å². The number of nitrogens with zero attached hydrogens (tertiary/aromatic N) is 1. The van der Waals surface area contributed by atoms with Crippen LogP contribution >= 0.6 is 24.0 Å². The quantitative estimate of drug-likeness (QED) is 0.299. The number of nitrogens with one attached hydrogen (secondary N) is 2. The molecule has 24 heavy (non-hydrogen) atoms. The number of carbonyl (C=O) groups excluding carboxylic acids is 1. The van der Waals surface area contributed by atoms with Crippen molar-refractivity contribution in [1.82, 2.24) is 10.6 Å². The summed E-state index contributed by atoms with van der Waals surface area (Å²) in [5.74, 6) is 1.47. The number of aryl methyl sites for hydroxylation is 1. The Labute approximate surface area is 159 Å². The first-order chi connectivity index (χ1) is 11.1. The number of rotatable bonds is 6. The maximum Gasteiger partial charge on any atom is 0.341 e. The molecule has 0 radical (unpaired) electrons. The molecule has 2 N–H and O–H groups in total. The summed E-state index contributed by atoms with van der Waals surface area (Å²) in [6, 6.07) is 1.67. The van der Waals surface area contributed by atoms with Crippen LogP contribution in [-0.2, 0) is 16.0 Å². The molecule has 0 aromatic carbocycles. The van der Waals surface area contributed by atoms with Gasteiger partial charge in [-0.2, -0.15) is 0 Å². The maximum atomic E-state index is 11.6. The Morgan fingerprint density at radius 3 is 2.88 bits per heavy atom. The average Bonchev–Trinajstić information content (AvgIpc) is 3.19. The molecule has 2 rings (SSSR count). The van der Waals surface area contributed by atoms with Crippen LogP contribution in [0, 0.1) is 6.92 Å². The molecule has 1 fully saturated rings. The summed E-state index contributed by atoms with van der Waals surface area (Å²) in [6.45, 7) is 6.43. The maximum absolute atomic E-state index is 11.6. The Kier molecular flexibility index (Phi) is 9.12. The predicted molar refractivity (Wildman–Crippen MR) is 102 cm³/mol. The summed E-state index contributed by atoms with van der Waals surface area (Å²) in [5, 5.41) is 6.45. The molecule has 1 saturated heterocycles. The van der Waals surface area contributed by atoms with Crippen LogP contribution in [-0.4, -0.2) is 44.8 Å². The number of carbonyl (C=O) groups is 1. The zero-order chi connectivity index (χ0) is 16.7. The van der Waals surface area contributed by atoms with Crippen molar-refractivity contribution in [2.45, 2.75) is 39.3 Å². The molecule has 0 saturated carbocycles. The van der Waals surface area contributed by atoms with Crippen molar-refractivity contribution < 1.29 is 18.7 Å². The monoisotopic (exact) mass is 451 g/mol. The molecule has 136 valence electrons. The van der Waals surface area contributed by atoms with Crippen LogP contribution in [0.5, 0.6) is 0 Å². The lowest BCUT2D eigenvalue weighted by Gasteiger charge is -2.14. The van der Waals surface area contributed by atoms with Gasteiger partial charge in [-0.05, 0) is 32.8 Å². The van der Waals surface area contributed by atoms with E-state index in [1.807, 2.05) is 6.92 Å². The van der Waals surface area contributed by atoms with E-state index in [0.717, 1.165) is 32.5 Å². The average molecular weight is 451 g/mol. The molecule has 1 aliphatic heterocycles. The van der Waals surface area contributed by atoms with Crippen molar-refractivity contribution in [1.29, 1.82) is 0 Å². The minimum absolute atomic E-state index is 0. The van der Waals surface area contributed by atoms with Gasteiger partial charge in [0.05, 0.1) is 13.2 Å². The molecule has 1 aromatic heterocycles. The Bertz CT molecular complexity index is 554. The van der Waals surface area contributed by atoms with Gasteiger partial charge >= 0.3 is 5.97 Å². The highest BCUT2D eigenvalue weighted by atomic mass is 127. The van der Waals surface area contributed by atoms with Crippen molar-refractivity contribution in [3.8, 4) is 0 Å². The van der Waals surface area contributed by atoms with Crippen molar-refractivity contribution in [2.75, 3.05) is 26.8 Å². The Balaban J connectivity index is 0.00000288. The van der Waals surface area contributed by atoms with Crippen molar-refractivity contribution in [3.63, 3.8) is 0 Å². The molecule has 0 spiro atoms. The lowest BCUT2D eigenvalue weighted by molar-refractivity contribution is 0.0599. The molecule has 1 atom stereocenters. The summed E-state index contributed by atoms with van der Waals surface area (Å²) in [4.78, 5) is 16.1. The van der Waals surface area contributed by atoms with Crippen LogP contribution in [0.4, 0.5) is 0 Å². The van der Waals surface area contributed by atoms with Gasteiger partial charge in [0.2, 0.25) is 0 Å². The third-order valence-electron chi connectivity index (χ3n) is 3.63. The first-order valence-electron chi connectivity index (χ1n) is 7.95. The Morgan fingerprint density at radius 1 is 1.46 bits per heavy atom. The first kappa shape index (κ1) is 20.8. The van der Waals surface area contributed by atoms with E-state index >= 15 is 0 Å². The molecular formula is C16H26IN3O4. The second-order valence-electron chi connectivity index (χ2n) is 5.39. The van der Waals surface area contributed by atoms with Crippen molar-refractivity contribution in [3.05, 3.63) is 23.2 Å². The van der Waals surface area contributed by atoms with E-state index in [9.17, 15) is 4.79 Å². The summed E-state index contributed by atoms with van der Waals surface area (Å²) >= 11 is 0. The van der Waals surface area contributed by atoms with Gasteiger partial charge in [-0.3, -0.25) is 0 Å². The van der Waals surface area contributed by atoms with Gasteiger partial charge in [0.15, 0.2) is 5.96 Å². The van der Waals surface area contributed by atoms with Gasteiger partial charge in [0.25, 0.3) is 0 Å². The number of hydrogen-bond acceptors (Lipinski definition) is 5. The molecule has 0 amide bonds. The standard InChI is InChI=1S/C16H25N3O4.HI/c1-4-17-16(18-9-12-6-5-7-22-12)19-10-13-8-14(11(2)23-13)15(20)21-3;/h8,12H,4-7,9-10H2,1-3H3,(H2,17,18,19);1H. The van der Waals surface area contributed by atoms with Crippen LogP contribution in [0.1, 0.15) is 41.6 Å². The van der Waals surface area contributed by atoms with Gasteiger partial charge < -0.3 is 24.5 Å². The van der Waals surface area contributed by atoms with Gasteiger partial charge in [-0.1, -0.05) is 0 Å². The zero-order valence-electron chi connectivity index (χ0n) is 14.4. The van der Waals surface area contributed by atoms with Crippen molar-refractivity contribution in [2.24, 2.45) is 4.99 Å². The summed E-state index contributed by atoms with van der Waals surface area (Å²) in [5.41, 5.74) is 0.440. The molecule has 0 bridgehead atoms. The lowest BCUT2D eigenvalue weighted by Crippen LogP contribution is -2.41. The van der Waals surface area contributed by atoms with Crippen LogP contribution in [0.25, 0.3) is 0 Å². The molecule has 1 aromatic rings. The molecule has 2 heterocycles. The van der Waals surface area contributed by atoms with E-state index in [4.69, 9.17) is 13.9 Å². The number of aliphatic imine (C=N–C) groups is 1. The van der Waals surface area contributed by atoms with E-state index in [0.29, 0.717) is 29.6 Å². The van der Waals surface area contributed by atoms with Gasteiger partial charge in [-0.25, -0.2) is 9.79 Å². The molecule has 7 nitrogen and oxygen atoms in total. The van der Waals surface area contributed by atoms with E-state index in [-0.39, 0.29) is 30.1 Å². The molecule has 1 aliphatic rings. The molecular weight excluding hydrogens is 425 g/mol. The number of furan rings is 1. The third kappa shape index (κ3) is 5.97. The summed E-state index contributed by atoms with van der Waals surface area (Å²) < 4.78 is 15.9. The fourth-order valence-corrected chi connectivity index (χ4v) is 2.45. The van der Waals surface area contributed by atoms with Gasteiger partial charge in [0, 0.05) is 19.7 Å². The smallest absolute Gasteiger partial charge is 0.341 e. The predicted octanol–water partition coefficient (Wildman–Crippen LogP) is 2.23. The Hall–Kier alpha value is -1.29. The van der Waals surface area contributed by atoms with Gasteiger partial charge in [-0.15, -0.1) is 24.0 Å². The van der Waals surface area contributed by atoms with Crippen LogP contribution in [0.15, 0.2) is 15.5 Å². The second kappa shape index (κ2) is 10.5. The summed E-state index contributed by atoms with van der Waals surface area (Å²) in [6.07, 6.45) is 2.43. The number of methoxy groups -OCH3 is 1. The van der Waals surface area contributed by atoms with E-state index in [1.165, 1.54) is 7.11 Å². The number of hydrogen-bond donors (Lipinski definition) is 2. The largest absolute Gasteiger partial charge is 0.465 e. The fourth-order valence-electron chi connectivity index (χ4n) is 2.45. The SMILES string of the molecule is CCNC(=NCc1cc(C(=O)OC)c(C)o1)NCC1CCCO1.I. The lowest BCUT2D eigenvalue weighted by atomic mass is 10.2. The number of esters is 1. The minimum atomic E-state index is -0.398. The number of ether oxygens (including phenoxy) is 2. The third-order valence-corrected chi connectivity index (χ3v) is 3.63. The Morgan fingerprint density at radius 2 is 2.25 bits per heavy atom. The normalized spacial score (nSPS) is 17.3. The second-order valence-corrected chi connectivity index (χ2v) is 5.39. The topological polar surface area (TPSA) is 85.1 Å². The van der Waals surface area contributed by atoms with Crippen LogP contribution in [0.3, 0.4) is 0 Å². The number of guanidine groups is 1. The van der Waals surface area contributed by atoms with Gasteiger partial charge in [0.1, 0.15) is 23.6 Å². The van der Waals surface area contributed by atoms with E-state index < -0.39 is 5.97 Å². The highest BCUT2D eigenvalue weighted by molar-refractivity contribution is 14.0.